The van der Waals surface area contributed by atoms with Gasteiger partial charge in [-0.2, -0.15) is 0 Å². The molecule has 0 aliphatic rings. The van der Waals surface area contributed by atoms with E-state index in [-0.39, 0.29) is 36.1 Å². The van der Waals surface area contributed by atoms with E-state index in [2.05, 4.69) is 29.5 Å². The Hall–Kier alpha value is -1.92. The van der Waals surface area contributed by atoms with Crippen LogP contribution in [0.3, 0.4) is 0 Å². The highest BCUT2D eigenvalue weighted by molar-refractivity contribution is 6.31. The molecule has 0 saturated carbocycles. The van der Waals surface area contributed by atoms with Crippen molar-refractivity contribution in [3.05, 3.63) is 59.2 Å². The lowest BCUT2D eigenvalue weighted by Gasteiger charge is -2.28. The molecule has 3 N–H and O–H groups in total. The van der Waals surface area contributed by atoms with Gasteiger partial charge < -0.3 is 20.5 Å². The Morgan fingerprint density at radius 3 is 2.62 bits per heavy atom. The van der Waals surface area contributed by atoms with Crippen molar-refractivity contribution in [3.63, 3.8) is 0 Å². The van der Waals surface area contributed by atoms with Crippen LogP contribution in [0.1, 0.15) is 19.4 Å². The van der Waals surface area contributed by atoms with Crippen LogP contribution in [0.4, 0.5) is 5.69 Å². The van der Waals surface area contributed by atoms with Gasteiger partial charge in [-0.05, 0) is 44.2 Å². The van der Waals surface area contributed by atoms with Gasteiger partial charge >= 0.3 is 0 Å². The third-order valence-electron chi connectivity index (χ3n) is 4.49. The quantitative estimate of drug-likeness (QED) is 0.441. The molecule has 3 aromatic rings. The molecule has 1 heterocycles. The Kier molecular flexibility index (Phi) is 9.30. The molecule has 1 aromatic heterocycles. The highest BCUT2D eigenvalue weighted by Crippen LogP contribution is 2.29. The van der Waals surface area contributed by atoms with Gasteiger partial charge in [0.15, 0.2) is 11.5 Å². The summed E-state index contributed by atoms with van der Waals surface area (Å²) in [7, 11) is 1.55. The molecule has 0 saturated heterocycles. The number of nitrogens with zero attached hydrogens (tertiary/aromatic N) is 1. The van der Waals surface area contributed by atoms with Crippen LogP contribution in [0, 0.1) is 0 Å². The average Bonchev–Trinajstić information content (AvgIpc) is 2.65. The van der Waals surface area contributed by atoms with Crippen LogP contribution in [0.25, 0.3) is 10.9 Å². The van der Waals surface area contributed by atoms with Crippen molar-refractivity contribution in [3.8, 4) is 11.5 Å². The standard InChI is InChI=1S/C21H24ClN3O2.2ClH/c1-21(2,25-12-14-5-4-6-19(27-3)20(14)26)13-24-17-9-10-23-18-11-15(22)7-8-16(17)18;;/h4-11,25-26H,12-13H2,1-3H3,(H,23,24);2*1H. The summed E-state index contributed by atoms with van der Waals surface area (Å²) in [5, 5.41) is 18.9. The molecular weight excluding hydrogens is 433 g/mol. The number of aromatic nitrogens is 1. The van der Waals surface area contributed by atoms with Crippen molar-refractivity contribution < 1.29 is 9.84 Å². The average molecular weight is 459 g/mol. The first kappa shape index (κ1) is 25.1. The first-order chi connectivity index (χ1) is 12.9. The Labute approximate surface area is 188 Å². The maximum absolute atomic E-state index is 10.2. The third-order valence-corrected chi connectivity index (χ3v) is 4.72. The molecule has 0 amide bonds. The second kappa shape index (κ2) is 10.7. The van der Waals surface area contributed by atoms with Crippen molar-refractivity contribution in [1.29, 1.82) is 0 Å². The zero-order valence-corrected chi connectivity index (χ0v) is 18.9. The van der Waals surface area contributed by atoms with Crippen molar-refractivity contribution in [2.45, 2.75) is 25.9 Å². The molecular formula is C21H26Cl3N3O2. The third kappa shape index (κ3) is 6.28. The lowest BCUT2D eigenvalue weighted by atomic mass is 10.0. The molecule has 0 spiro atoms. The van der Waals surface area contributed by atoms with Gasteiger partial charge in [-0.3, -0.25) is 4.98 Å². The molecule has 8 heteroatoms. The fourth-order valence-electron chi connectivity index (χ4n) is 2.86. The summed E-state index contributed by atoms with van der Waals surface area (Å²) >= 11 is 6.05. The zero-order chi connectivity index (χ0) is 19.4. The van der Waals surface area contributed by atoms with E-state index in [0.29, 0.717) is 23.9 Å². The van der Waals surface area contributed by atoms with E-state index in [9.17, 15) is 5.11 Å². The van der Waals surface area contributed by atoms with Crippen LogP contribution in [-0.4, -0.2) is 29.3 Å². The predicted octanol–water partition coefficient (Wildman–Crippen LogP) is 5.43. The highest BCUT2D eigenvalue weighted by atomic mass is 35.5. The number of hydrogen-bond acceptors (Lipinski definition) is 5. The van der Waals surface area contributed by atoms with Crippen molar-refractivity contribution in [1.82, 2.24) is 10.3 Å². The first-order valence-corrected chi connectivity index (χ1v) is 9.15. The van der Waals surface area contributed by atoms with Gasteiger partial charge in [0, 0.05) is 46.5 Å². The number of ether oxygens (including phenoxy) is 1. The van der Waals surface area contributed by atoms with Crippen molar-refractivity contribution in [2.24, 2.45) is 0 Å². The van der Waals surface area contributed by atoms with Gasteiger partial charge in [-0.25, -0.2) is 0 Å². The largest absolute Gasteiger partial charge is 0.504 e. The summed E-state index contributed by atoms with van der Waals surface area (Å²) in [5.41, 5.74) is 2.46. The lowest BCUT2D eigenvalue weighted by molar-refractivity contribution is 0.363. The van der Waals surface area contributed by atoms with Crippen molar-refractivity contribution >= 4 is 53.0 Å². The maximum atomic E-state index is 10.2. The summed E-state index contributed by atoms with van der Waals surface area (Å²) in [6.07, 6.45) is 1.77. The molecule has 0 radical (unpaired) electrons. The van der Waals surface area contributed by atoms with E-state index in [0.717, 1.165) is 22.2 Å². The van der Waals surface area contributed by atoms with Gasteiger partial charge in [0.05, 0.1) is 12.6 Å². The minimum absolute atomic E-state index is 0. The fourth-order valence-corrected chi connectivity index (χ4v) is 3.03. The van der Waals surface area contributed by atoms with Gasteiger partial charge in [0.2, 0.25) is 0 Å². The number of methoxy groups -OCH3 is 1. The number of anilines is 1. The van der Waals surface area contributed by atoms with Crippen LogP contribution >= 0.6 is 36.4 Å². The molecule has 0 atom stereocenters. The minimum Gasteiger partial charge on any atom is -0.504 e. The molecule has 0 aliphatic heterocycles. The second-order valence-electron chi connectivity index (χ2n) is 7.08. The summed E-state index contributed by atoms with van der Waals surface area (Å²) in [6, 6.07) is 13.2. The second-order valence-corrected chi connectivity index (χ2v) is 7.52. The number of rotatable bonds is 7. The Morgan fingerprint density at radius 1 is 1.14 bits per heavy atom. The van der Waals surface area contributed by atoms with Gasteiger partial charge in [-0.1, -0.05) is 23.7 Å². The Morgan fingerprint density at radius 2 is 1.90 bits per heavy atom. The Bertz CT molecular complexity index is 952. The molecule has 5 nitrogen and oxygen atoms in total. The number of phenols is 1. The number of aromatic hydroxyl groups is 1. The van der Waals surface area contributed by atoms with Crippen LogP contribution < -0.4 is 15.4 Å². The molecule has 0 aliphatic carbocycles. The number of hydrogen-bond donors (Lipinski definition) is 3. The number of nitrogens with one attached hydrogen (secondary N) is 2. The van der Waals surface area contributed by atoms with Gasteiger partial charge in [-0.15, -0.1) is 24.8 Å². The highest BCUT2D eigenvalue weighted by Gasteiger charge is 2.18. The van der Waals surface area contributed by atoms with Crippen LogP contribution in [-0.2, 0) is 6.54 Å². The number of para-hydroxylation sites is 1. The molecule has 0 unspecified atom stereocenters. The topological polar surface area (TPSA) is 66.4 Å². The van der Waals surface area contributed by atoms with Gasteiger partial charge in [0.25, 0.3) is 0 Å². The summed E-state index contributed by atoms with van der Waals surface area (Å²) in [6.45, 7) is 5.44. The van der Waals surface area contributed by atoms with Crippen LogP contribution in [0.2, 0.25) is 5.02 Å². The molecule has 0 fully saturated rings. The summed E-state index contributed by atoms with van der Waals surface area (Å²) < 4.78 is 5.17. The smallest absolute Gasteiger partial charge is 0.162 e. The van der Waals surface area contributed by atoms with Crippen molar-refractivity contribution in [2.75, 3.05) is 19.0 Å². The Balaban J connectivity index is 0.00000210. The van der Waals surface area contributed by atoms with Crippen LogP contribution in [0.15, 0.2) is 48.7 Å². The zero-order valence-electron chi connectivity index (χ0n) is 16.5. The minimum atomic E-state index is -0.211. The number of pyridine rings is 1. The summed E-state index contributed by atoms with van der Waals surface area (Å²) in [5.74, 6) is 0.653. The normalized spacial score (nSPS) is 10.8. The number of benzene rings is 2. The SMILES string of the molecule is COc1cccc(CNC(C)(C)CNc2ccnc3cc(Cl)ccc23)c1O.Cl.Cl. The first-order valence-electron chi connectivity index (χ1n) is 8.78. The van der Waals surface area contributed by atoms with E-state index < -0.39 is 0 Å². The molecule has 2 aromatic carbocycles. The molecule has 29 heavy (non-hydrogen) atoms. The van der Waals surface area contributed by atoms with E-state index >= 15 is 0 Å². The maximum Gasteiger partial charge on any atom is 0.162 e. The molecule has 3 rings (SSSR count). The number of halogens is 3. The summed E-state index contributed by atoms with van der Waals surface area (Å²) in [4.78, 5) is 4.37. The van der Waals surface area contributed by atoms with Crippen LogP contribution in [0.5, 0.6) is 11.5 Å². The van der Waals surface area contributed by atoms with E-state index in [4.69, 9.17) is 16.3 Å². The predicted molar refractivity (Wildman–Crippen MR) is 125 cm³/mol. The molecule has 0 bridgehead atoms. The monoisotopic (exact) mass is 457 g/mol. The van der Waals surface area contributed by atoms with Gasteiger partial charge in [0.1, 0.15) is 0 Å². The lowest BCUT2D eigenvalue weighted by Crippen LogP contribution is -2.44. The number of phenolic OH excluding ortho intramolecular Hbond substituents is 1. The van der Waals surface area contributed by atoms with E-state index in [1.165, 1.54) is 0 Å². The number of fused-ring (bicyclic) bond motifs is 1. The van der Waals surface area contributed by atoms with E-state index in [1.54, 1.807) is 19.4 Å². The van der Waals surface area contributed by atoms with E-state index in [1.807, 2.05) is 36.4 Å². The fraction of sp³-hybridized carbons (Fsp3) is 0.286. The molecule has 158 valence electrons.